The topological polar surface area (TPSA) is 124 Å². The van der Waals surface area contributed by atoms with Gasteiger partial charge in [0.15, 0.2) is 0 Å². The van der Waals surface area contributed by atoms with E-state index in [0.717, 1.165) is 57.0 Å². The first kappa shape index (κ1) is 25.5. The summed E-state index contributed by atoms with van der Waals surface area (Å²) in [6.45, 7) is 3.67. The minimum atomic E-state index is -0.443. The van der Waals surface area contributed by atoms with Crippen molar-refractivity contribution in [3.63, 3.8) is 0 Å². The third-order valence-corrected chi connectivity index (χ3v) is 7.89. The Morgan fingerprint density at radius 2 is 2.03 bits per heavy atom. The predicted octanol–water partition coefficient (Wildman–Crippen LogP) is 3.30. The molecular weight excluding hydrogens is 469 g/mol. The van der Waals surface area contributed by atoms with Crippen LogP contribution < -0.4 is 21.1 Å². The maximum absolute atomic E-state index is 14.0. The number of amides is 1. The Labute approximate surface area is 209 Å². The Morgan fingerprint density at radius 3 is 2.74 bits per heavy atom. The molecule has 0 radical (unpaired) electrons. The van der Waals surface area contributed by atoms with Crippen LogP contribution in [0.15, 0.2) is 40.1 Å². The monoisotopic (exact) mass is 503 g/mol. The largest absolute Gasteiger partial charge is 0.488 e. The van der Waals surface area contributed by atoms with E-state index in [0.29, 0.717) is 33.9 Å². The van der Waals surface area contributed by atoms with E-state index < -0.39 is 11.9 Å². The van der Waals surface area contributed by atoms with Crippen LogP contribution in [0.3, 0.4) is 0 Å². The average molecular weight is 504 g/mol. The van der Waals surface area contributed by atoms with Crippen LogP contribution in [-0.2, 0) is 4.79 Å². The molecule has 0 bridgehead atoms. The summed E-state index contributed by atoms with van der Waals surface area (Å²) < 4.78 is 20.0. The van der Waals surface area contributed by atoms with Gasteiger partial charge in [-0.2, -0.15) is 0 Å². The number of nitrogens with two attached hydrogens (primary N) is 1. The Bertz CT molecular complexity index is 1050. The van der Waals surface area contributed by atoms with E-state index in [9.17, 15) is 14.3 Å². The molecule has 6 N–H and O–H groups in total. The first-order chi connectivity index (χ1) is 16.7. The summed E-state index contributed by atoms with van der Waals surface area (Å²) in [6.07, 6.45) is 4.01. The van der Waals surface area contributed by atoms with Gasteiger partial charge in [0.2, 0.25) is 0 Å². The molecule has 4 rings (SSSR count). The molecule has 8 nitrogen and oxygen atoms in total. The van der Waals surface area contributed by atoms with Crippen molar-refractivity contribution in [2.75, 3.05) is 25.5 Å². The zero-order chi connectivity index (χ0) is 25.1. The van der Waals surface area contributed by atoms with Gasteiger partial charge in [-0.1, -0.05) is 11.8 Å². The number of halogens is 1. The summed E-state index contributed by atoms with van der Waals surface area (Å²) >= 11 is 1.10. The number of carbonyl (C=O) groups excluding carboxylic acids is 1. The highest BCUT2D eigenvalue weighted by molar-refractivity contribution is 8.18. The molecule has 2 heterocycles. The third-order valence-electron chi connectivity index (χ3n) is 6.78. The maximum atomic E-state index is 14.0. The van der Waals surface area contributed by atoms with Crippen LogP contribution in [-0.4, -0.2) is 59.3 Å². The molecule has 2 fully saturated rings. The second-order valence-corrected chi connectivity index (χ2v) is 10.6. The number of anilines is 1. The van der Waals surface area contributed by atoms with E-state index in [1.807, 2.05) is 0 Å². The highest BCUT2D eigenvalue weighted by Gasteiger charge is 2.31. The zero-order valence-electron chi connectivity index (χ0n) is 20.2. The summed E-state index contributed by atoms with van der Waals surface area (Å²) in [5.74, 6) is -0.133. The van der Waals surface area contributed by atoms with E-state index in [-0.39, 0.29) is 28.9 Å². The van der Waals surface area contributed by atoms with E-state index in [1.165, 1.54) is 18.2 Å². The van der Waals surface area contributed by atoms with E-state index in [2.05, 4.69) is 22.6 Å². The molecule has 3 aliphatic rings. The number of aliphatic hydroxyl groups excluding tert-OH is 1. The molecule has 1 aliphatic carbocycles. The van der Waals surface area contributed by atoms with Gasteiger partial charge in [-0.3, -0.25) is 10.2 Å². The number of hydrogen-bond donors (Lipinski definition) is 5. The second kappa shape index (κ2) is 11.0. The summed E-state index contributed by atoms with van der Waals surface area (Å²) in [5, 5.41) is 24.8. The van der Waals surface area contributed by atoms with Gasteiger partial charge in [0.25, 0.3) is 5.91 Å². The fourth-order valence-electron chi connectivity index (χ4n) is 4.77. The number of hydrogen-bond acceptors (Lipinski definition) is 8. The molecule has 2 atom stereocenters. The maximum Gasteiger partial charge on any atom is 0.258 e. The van der Waals surface area contributed by atoms with Crippen molar-refractivity contribution < 1.29 is 19.0 Å². The fourth-order valence-corrected chi connectivity index (χ4v) is 5.75. The summed E-state index contributed by atoms with van der Waals surface area (Å²) in [6, 6.07) is 4.25. The van der Waals surface area contributed by atoms with Crippen LogP contribution in [0.2, 0.25) is 0 Å². The Morgan fingerprint density at radius 1 is 1.29 bits per heavy atom. The molecule has 10 heteroatoms. The molecular formula is C25H34FN5O3S. The van der Waals surface area contributed by atoms with E-state index >= 15 is 0 Å². The van der Waals surface area contributed by atoms with Crippen molar-refractivity contribution in [3.8, 4) is 5.75 Å². The van der Waals surface area contributed by atoms with Crippen LogP contribution in [0, 0.1) is 11.2 Å². The van der Waals surface area contributed by atoms with Crippen molar-refractivity contribution in [2.24, 2.45) is 5.73 Å². The lowest BCUT2D eigenvalue weighted by molar-refractivity contribution is -0.117. The number of rotatable bonds is 6. The molecule has 1 unspecified atom stereocenters. The lowest BCUT2D eigenvalue weighted by atomic mass is 9.95. The zero-order valence-corrected chi connectivity index (χ0v) is 21.0. The van der Waals surface area contributed by atoms with Gasteiger partial charge in [0.05, 0.1) is 22.3 Å². The van der Waals surface area contributed by atoms with Gasteiger partial charge in [-0.25, -0.2) is 4.39 Å². The summed E-state index contributed by atoms with van der Waals surface area (Å²) in [7, 11) is 2.07. The highest BCUT2D eigenvalue weighted by atomic mass is 32.2. The molecule has 35 heavy (non-hydrogen) atoms. The number of benzene rings is 1. The Hall–Kier alpha value is -2.56. The predicted molar refractivity (Wildman–Crippen MR) is 137 cm³/mol. The van der Waals surface area contributed by atoms with Gasteiger partial charge in [-0.05, 0) is 76.9 Å². The molecule has 1 saturated heterocycles. The van der Waals surface area contributed by atoms with Crippen molar-refractivity contribution in [1.29, 1.82) is 5.41 Å². The molecule has 1 saturated carbocycles. The number of nitrogens with zero attached hydrogens (tertiary/aromatic N) is 1. The minimum absolute atomic E-state index is 0.120. The van der Waals surface area contributed by atoms with Crippen LogP contribution in [0.1, 0.15) is 45.4 Å². The van der Waals surface area contributed by atoms with E-state index in [1.54, 1.807) is 6.92 Å². The van der Waals surface area contributed by atoms with Crippen molar-refractivity contribution in [3.05, 3.63) is 45.9 Å². The number of ether oxygens (including phenoxy) is 1. The molecule has 0 aromatic heterocycles. The molecule has 1 aromatic rings. The fraction of sp³-hybridized carbons (Fsp3) is 0.520. The van der Waals surface area contributed by atoms with Crippen molar-refractivity contribution >= 4 is 28.4 Å². The number of allylic oxidation sites excluding steroid dienone is 1. The number of piperidine rings is 1. The van der Waals surface area contributed by atoms with E-state index in [4.69, 9.17) is 15.9 Å². The normalized spacial score (nSPS) is 25.5. The van der Waals surface area contributed by atoms with Gasteiger partial charge in [-0.15, -0.1) is 0 Å². The van der Waals surface area contributed by atoms with Crippen LogP contribution in [0.5, 0.6) is 5.75 Å². The first-order valence-corrected chi connectivity index (χ1v) is 12.9. The minimum Gasteiger partial charge on any atom is -0.488 e. The standard InChI is InChI=1S/C25H34FN5O3S/c1-14-21(24(28)35-22(14)25(33)29-16-8-10-31(2)11-9-16)23(27)30-19-7-6-15(26)12-20(19)34-18-5-3-4-17(32)13-18/h6-7,12,16-18,28,30,32H,3-5,8-11,13,27H2,1-2H3,(H,29,33)/b23-21+,28-24?/t17-,18?/m0/s1. The third kappa shape index (κ3) is 6.17. The van der Waals surface area contributed by atoms with Gasteiger partial charge in [0, 0.05) is 18.5 Å². The Kier molecular flexibility index (Phi) is 8.03. The van der Waals surface area contributed by atoms with Gasteiger partial charge >= 0.3 is 0 Å². The molecule has 190 valence electrons. The lowest BCUT2D eigenvalue weighted by Gasteiger charge is -2.29. The van der Waals surface area contributed by atoms with Crippen molar-refractivity contribution in [1.82, 2.24) is 10.2 Å². The SMILES string of the molecule is CC1=C(C(=O)NC2CCN(C)CC2)SC(=N)/C1=C(\N)Nc1ccc(F)cc1OC1CCC[C@H](O)C1. The van der Waals surface area contributed by atoms with Gasteiger partial charge < -0.3 is 31.1 Å². The lowest BCUT2D eigenvalue weighted by Crippen LogP contribution is -2.43. The molecule has 1 aromatic carbocycles. The van der Waals surface area contributed by atoms with Crippen molar-refractivity contribution in [2.45, 2.75) is 63.7 Å². The summed E-state index contributed by atoms with van der Waals surface area (Å²) in [5.41, 5.74) is 7.92. The number of carbonyl (C=O) groups is 1. The molecule has 0 spiro atoms. The number of thioether (sulfide) groups is 1. The number of likely N-dealkylation sites (tertiary alicyclic amines) is 1. The second-order valence-electron chi connectivity index (χ2n) is 9.55. The first-order valence-electron chi connectivity index (χ1n) is 12.1. The average Bonchev–Trinajstić information content (AvgIpc) is 3.11. The quantitative estimate of drug-likeness (QED) is 0.404. The van der Waals surface area contributed by atoms with Gasteiger partial charge in [0.1, 0.15) is 28.5 Å². The number of nitrogens with one attached hydrogen (secondary N) is 3. The summed E-state index contributed by atoms with van der Waals surface area (Å²) in [4.78, 5) is 15.7. The molecule has 2 aliphatic heterocycles. The van der Waals surface area contributed by atoms with Crippen LogP contribution >= 0.6 is 11.8 Å². The Balaban J connectivity index is 1.51. The number of aliphatic hydroxyl groups is 1. The highest BCUT2D eigenvalue weighted by Crippen LogP contribution is 2.39. The molecule has 1 amide bonds. The van der Waals surface area contributed by atoms with Crippen LogP contribution in [0.25, 0.3) is 0 Å². The smallest absolute Gasteiger partial charge is 0.258 e. The van der Waals surface area contributed by atoms with Crippen LogP contribution in [0.4, 0.5) is 10.1 Å².